The molecule has 0 amide bonds. The second kappa shape index (κ2) is 6.26. The molecule has 0 bridgehead atoms. The van der Waals surface area contributed by atoms with Crippen LogP contribution in [0.15, 0.2) is 22.8 Å². The zero-order chi connectivity index (χ0) is 16.7. The van der Waals surface area contributed by atoms with Crippen LogP contribution in [0.4, 0.5) is 0 Å². The van der Waals surface area contributed by atoms with E-state index in [0.29, 0.717) is 5.56 Å². The second-order valence-corrected chi connectivity index (χ2v) is 7.26. The zero-order valence-corrected chi connectivity index (χ0v) is 15.3. The molecular formula is C17H22BrN3O2. The number of hydrogen-bond donors (Lipinski definition) is 1. The van der Waals surface area contributed by atoms with Crippen LogP contribution < -0.4 is 0 Å². The van der Waals surface area contributed by atoms with E-state index in [1.165, 1.54) is 0 Å². The van der Waals surface area contributed by atoms with Gasteiger partial charge in [0, 0.05) is 54.1 Å². The molecule has 1 N–H and O–H groups in total. The third kappa shape index (κ3) is 3.03. The average molecular weight is 380 g/mol. The van der Waals surface area contributed by atoms with E-state index in [4.69, 9.17) is 0 Å². The first-order valence-corrected chi connectivity index (χ1v) is 8.64. The number of likely N-dealkylation sites (N-methyl/N-ethyl adjacent to an activating group) is 1. The lowest BCUT2D eigenvalue weighted by molar-refractivity contribution is 0.0695. The molecule has 3 rings (SSSR count). The molecule has 0 aliphatic carbocycles. The topological polar surface area (TPSA) is 48.2 Å². The Morgan fingerprint density at radius 3 is 2.52 bits per heavy atom. The Labute approximate surface area is 144 Å². The zero-order valence-electron chi connectivity index (χ0n) is 13.7. The van der Waals surface area contributed by atoms with E-state index in [2.05, 4.69) is 44.1 Å². The van der Waals surface area contributed by atoms with E-state index >= 15 is 0 Å². The van der Waals surface area contributed by atoms with Gasteiger partial charge in [-0.25, -0.2) is 4.79 Å². The lowest BCUT2D eigenvalue weighted by atomic mass is 10.0. The molecule has 2 aromatic heterocycles. The number of fused-ring (bicyclic) bond motifs is 1. The van der Waals surface area contributed by atoms with Crippen LogP contribution in [0, 0.1) is 6.92 Å². The number of carboxylic acid groups (broad SMARTS) is 1. The molecule has 1 fully saturated rings. The predicted octanol–water partition coefficient (Wildman–Crippen LogP) is 3.02. The summed E-state index contributed by atoms with van der Waals surface area (Å²) < 4.78 is 3.08. The van der Waals surface area contributed by atoms with Crippen molar-refractivity contribution in [2.24, 2.45) is 0 Å². The number of aromatic nitrogens is 1. The number of halogens is 1. The van der Waals surface area contributed by atoms with E-state index in [1.54, 1.807) is 6.07 Å². The van der Waals surface area contributed by atoms with Crippen LogP contribution in [0.5, 0.6) is 0 Å². The SMILES string of the molecule is Cc1c(C(=O)O)cc2cc(Br)cn2c1C(C)N1CCN(C)CC1. The number of pyridine rings is 1. The van der Waals surface area contributed by atoms with Crippen molar-refractivity contribution in [1.82, 2.24) is 14.2 Å². The molecule has 1 unspecified atom stereocenters. The maximum absolute atomic E-state index is 11.6. The Kier molecular flexibility index (Phi) is 4.49. The minimum Gasteiger partial charge on any atom is -0.478 e. The maximum Gasteiger partial charge on any atom is 0.336 e. The van der Waals surface area contributed by atoms with Crippen LogP contribution in [-0.2, 0) is 0 Å². The van der Waals surface area contributed by atoms with Gasteiger partial charge in [-0.05, 0) is 54.5 Å². The second-order valence-electron chi connectivity index (χ2n) is 6.34. The molecule has 0 spiro atoms. The maximum atomic E-state index is 11.6. The van der Waals surface area contributed by atoms with Gasteiger partial charge in [0.05, 0.1) is 5.56 Å². The van der Waals surface area contributed by atoms with Gasteiger partial charge in [-0.15, -0.1) is 0 Å². The first-order valence-electron chi connectivity index (χ1n) is 7.85. The number of hydrogen-bond acceptors (Lipinski definition) is 3. The fourth-order valence-corrected chi connectivity index (χ4v) is 3.90. The van der Waals surface area contributed by atoms with Crippen LogP contribution in [0.3, 0.4) is 0 Å². The normalized spacial score (nSPS) is 18.4. The summed E-state index contributed by atoms with van der Waals surface area (Å²) in [5.41, 5.74) is 3.21. The Balaban J connectivity index is 2.10. The lowest BCUT2D eigenvalue weighted by Crippen LogP contribution is -2.45. The Hall–Kier alpha value is -1.37. The molecule has 3 heterocycles. The van der Waals surface area contributed by atoms with Gasteiger partial charge in [0.1, 0.15) is 0 Å². The Morgan fingerprint density at radius 1 is 1.26 bits per heavy atom. The van der Waals surface area contributed by atoms with E-state index in [1.807, 2.05) is 19.2 Å². The molecule has 6 heteroatoms. The molecule has 0 saturated carbocycles. The van der Waals surface area contributed by atoms with E-state index < -0.39 is 5.97 Å². The highest BCUT2D eigenvalue weighted by Crippen LogP contribution is 2.30. The summed E-state index contributed by atoms with van der Waals surface area (Å²) >= 11 is 3.51. The van der Waals surface area contributed by atoms with Gasteiger partial charge in [0.25, 0.3) is 0 Å². The molecule has 23 heavy (non-hydrogen) atoms. The monoisotopic (exact) mass is 379 g/mol. The van der Waals surface area contributed by atoms with Crippen molar-refractivity contribution in [2.45, 2.75) is 19.9 Å². The first-order chi connectivity index (χ1) is 10.9. The van der Waals surface area contributed by atoms with Crippen LogP contribution in [0.25, 0.3) is 5.52 Å². The van der Waals surface area contributed by atoms with E-state index in [-0.39, 0.29) is 6.04 Å². The van der Waals surface area contributed by atoms with E-state index in [0.717, 1.165) is 47.4 Å². The Morgan fingerprint density at radius 2 is 1.91 bits per heavy atom. The summed E-state index contributed by atoms with van der Waals surface area (Å²) in [7, 11) is 2.14. The van der Waals surface area contributed by atoms with Crippen molar-refractivity contribution in [3.8, 4) is 0 Å². The summed E-state index contributed by atoms with van der Waals surface area (Å²) in [5, 5.41) is 9.54. The number of rotatable bonds is 3. The molecule has 0 radical (unpaired) electrons. The number of carbonyl (C=O) groups is 1. The highest BCUT2D eigenvalue weighted by atomic mass is 79.9. The van der Waals surface area contributed by atoms with Gasteiger partial charge < -0.3 is 14.4 Å². The molecule has 124 valence electrons. The van der Waals surface area contributed by atoms with Gasteiger partial charge in [0.15, 0.2) is 0 Å². The van der Waals surface area contributed by atoms with Gasteiger partial charge in [-0.2, -0.15) is 0 Å². The van der Waals surface area contributed by atoms with Crippen molar-refractivity contribution in [2.75, 3.05) is 33.2 Å². The molecule has 1 aliphatic heterocycles. The quantitative estimate of drug-likeness (QED) is 0.890. The third-order valence-electron chi connectivity index (χ3n) is 4.87. The third-order valence-corrected chi connectivity index (χ3v) is 5.30. The number of aromatic carboxylic acids is 1. The summed E-state index contributed by atoms with van der Waals surface area (Å²) in [6.07, 6.45) is 2.02. The van der Waals surface area contributed by atoms with Crippen molar-refractivity contribution in [3.05, 3.63) is 39.6 Å². The highest BCUT2D eigenvalue weighted by molar-refractivity contribution is 9.10. The fraction of sp³-hybridized carbons (Fsp3) is 0.471. The van der Waals surface area contributed by atoms with Crippen molar-refractivity contribution < 1.29 is 9.90 Å². The van der Waals surface area contributed by atoms with Gasteiger partial charge in [-0.3, -0.25) is 4.90 Å². The molecule has 1 aliphatic rings. The van der Waals surface area contributed by atoms with Crippen LogP contribution in [0.1, 0.15) is 34.6 Å². The summed E-state index contributed by atoms with van der Waals surface area (Å²) in [4.78, 5) is 16.4. The molecule has 2 aromatic rings. The van der Waals surface area contributed by atoms with E-state index in [9.17, 15) is 9.90 Å². The highest BCUT2D eigenvalue weighted by Gasteiger charge is 2.25. The van der Waals surface area contributed by atoms with Crippen LogP contribution in [-0.4, -0.2) is 58.5 Å². The largest absolute Gasteiger partial charge is 0.478 e. The Bertz CT molecular complexity index is 748. The fourth-order valence-electron chi connectivity index (χ4n) is 3.46. The van der Waals surface area contributed by atoms with Crippen LogP contribution >= 0.6 is 15.9 Å². The van der Waals surface area contributed by atoms with Gasteiger partial charge in [0.2, 0.25) is 0 Å². The molecule has 1 saturated heterocycles. The van der Waals surface area contributed by atoms with Crippen LogP contribution in [0.2, 0.25) is 0 Å². The first kappa shape index (κ1) is 16.5. The minimum absolute atomic E-state index is 0.171. The molecule has 5 nitrogen and oxygen atoms in total. The van der Waals surface area contributed by atoms with Gasteiger partial charge >= 0.3 is 5.97 Å². The smallest absolute Gasteiger partial charge is 0.336 e. The number of nitrogens with zero attached hydrogens (tertiary/aromatic N) is 3. The average Bonchev–Trinajstić information content (AvgIpc) is 2.86. The molecule has 1 atom stereocenters. The molecule has 0 aromatic carbocycles. The van der Waals surface area contributed by atoms with Crippen molar-refractivity contribution >= 4 is 27.4 Å². The number of carboxylic acids is 1. The lowest BCUT2D eigenvalue weighted by Gasteiger charge is -2.37. The summed E-state index contributed by atoms with van der Waals surface area (Å²) in [6.45, 7) is 8.17. The number of piperazine rings is 1. The predicted molar refractivity (Wildman–Crippen MR) is 94.3 cm³/mol. The standard InChI is InChI=1S/C17H22BrN3O2/c1-11-15(17(22)23)9-14-8-13(18)10-21(14)16(11)12(2)20-6-4-19(3)5-7-20/h8-10,12H,4-7H2,1-3H3,(H,22,23). The summed E-state index contributed by atoms with van der Waals surface area (Å²) in [5.74, 6) is -0.867. The van der Waals surface area contributed by atoms with Crippen molar-refractivity contribution in [3.63, 3.8) is 0 Å². The van der Waals surface area contributed by atoms with Gasteiger partial charge in [-0.1, -0.05) is 0 Å². The molecular weight excluding hydrogens is 358 g/mol. The minimum atomic E-state index is -0.867. The van der Waals surface area contributed by atoms with Crippen molar-refractivity contribution in [1.29, 1.82) is 0 Å². The summed E-state index contributed by atoms with van der Waals surface area (Å²) in [6, 6.07) is 3.89.